The maximum atomic E-state index is 11.9. The topological polar surface area (TPSA) is 78.9 Å². The first-order valence-electron chi connectivity index (χ1n) is 7.85. The molecule has 23 heavy (non-hydrogen) atoms. The van der Waals surface area contributed by atoms with Crippen LogP contribution >= 0.6 is 0 Å². The minimum Gasteiger partial charge on any atom is -0.480 e. The molecule has 1 fully saturated rings. The summed E-state index contributed by atoms with van der Waals surface area (Å²) in [6.07, 6.45) is 0.447. The molecule has 1 aromatic rings. The van der Waals surface area contributed by atoms with Gasteiger partial charge in [0, 0.05) is 25.2 Å². The number of amides is 1. The number of nitrogens with zero attached hydrogens (tertiary/aromatic N) is 1. The number of benzene rings is 1. The number of carboxylic acids is 1. The number of nitrogens with one attached hydrogen (secondary N) is 1. The predicted octanol–water partition coefficient (Wildman–Crippen LogP) is 1.50. The van der Waals surface area contributed by atoms with Gasteiger partial charge in [0.15, 0.2) is 0 Å². The molecule has 0 spiro atoms. The first-order valence-corrected chi connectivity index (χ1v) is 7.85. The van der Waals surface area contributed by atoms with Gasteiger partial charge in [0.05, 0.1) is 12.2 Å². The third kappa shape index (κ3) is 5.04. The molecule has 1 aliphatic heterocycles. The van der Waals surface area contributed by atoms with Gasteiger partial charge in [-0.1, -0.05) is 12.1 Å². The molecule has 0 radical (unpaired) electrons. The SMILES string of the molecule is CC1CN(Cc2ccc(C(=O)NC(C)C(=O)O)cc2)CC(C)O1. The standard InChI is InChI=1S/C17H24N2O4/c1-11-8-19(9-12(2)23-11)10-14-4-6-15(7-5-14)16(20)18-13(3)17(21)22/h4-7,11-13H,8-10H2,1-3H3,(H,18,20)(H,21,22). The van der Waals surface area contributed by atoms with E-state index in [0.29, 0.717) is 5.56 Å². The highest BCUT2D eigenvalue weighted by atomic mass is 16.5. The highest BCUT2D eigenvalue weighted by molar-refractivity contribution is 5.96. The van der Waals surface area contributed by atoms with E-state index in [1.807, 2.05) is 12.1 Å². The number of morpholine rings is 1. The molecule has 1 heterocycles. The third-order valence-corrected chi connectivity index (χ3v) is 3.84. The summed E-state index contributed by atoms with van der Waals surface area (Å²) < 4.78 is 5.72. The van der Waals surface area contributed by atoms with E-state index in [1.54, 1.807) is 12.1 Å². The third-order valence-electron chi connectivity index (χ3n) is 3.84. The van der Waals surface area contributed by atoms with Crippen LogP contribution in [0.5, 0.6) is 0 Å². The molecule has 0 aromatic heterocycles. The Morgan fingerprint density at radius 1 is 1.26 bits per heavy atom. The van der Waals surface area contributed by atoms with Crippen LogP contribution in [0.3, 0.4) is 0 Å². The lowest BCUT2D eigenvalue weighted by Gasteiger charge is -2.35. The molecule has 0 saturated carbocycles. The van der Waals surface area contributed by atoms with Crippen molar-refractivity contribution in [1.82, 2.24) is 10.2 Å². The van der Waals surface area contributed by atoms with Gasteiger partial charge in [-0.15, -0.1) is 0 Å². The second kappa shape index (κ2) is 7.57. The number of rotatable bonds is 5. The Bertz CT molecular complexity index is 548. The lowest BCUT2D eigenvalue weighted by atomic mass is 10.1. The summed E-state index contributed by atoms with van der Waals surface area (Å²) in [7, 11) is 0. The zero-order valence-corrected chi connectivity index (χ0v) is 13.8. The van der Waals surface area contributed by atoms with Gasteiger partial charge in [0.25, 0.3) is 5.91 Å². The zero-order chi connectivity index (χ0) is 17.0. The van der Waals surface area contributed by atoms with Crippen LogP contribution in [0, 0.1) is 0 Å². The molecule has 1 aliphatic rings. The number of carboxylic acid groups (broad SMARTS) is 1. The largest absolute Gasteiger partial charge is 0.480 e. The van der Waals surface area contributed by atoms with Crippen molar-refractivity contribution in [2.24, 2.45) is 0 Å². The molecule has 6 heteroatoms. The van der Waals surface area contributed by atoms with Crippen LogP contribution in [0.2, 0.25) is 0 Å². The Hall–Kier alpha value is -1.92. The fourth-order valence-corrected chi connectivity index (χ4v) is 2.77. The zero-order valence-electron chi connectivity index (χ0n) is 13.8. The highest BCUT2D eigenvalue weighted by Crippen LogP contribution is 2.14. The van der Waals surface area contributed by atoms with Crippen molar-refractivity contribution in [3.8, 4) is 0 Å². The Labute approximate surface area is 136 Å². The number of aliphatic carboxylic acids is 1. The van der Waals surface area contributed by atoms with Crippen LogP contribution in [0.25, 0.3) is 0 Å². The van der Waals surface area contributed by atoms with E-state index >= 15 is 0 Å². The summed E-state index contributed by atoms with van der Waals surface area (Å²) in [5, 5.41) is 11.3. The summed E-state index contributed by atoms with van der Waals surface area (Å²) in [6, 6.07) is 6.37. The minimum absolute atomic E-state index is 0.223. The van der Waals surface area contributed by atoms with Crippen molar-refractivity contribution >= 4 is 11.9 Å². The van der Waals surface area contributed by atoms with Gasteiger partial charge in [0.2, 0.25) is 0 Å². The van der Waals surface area contributed by atoms with Crippen LogP contribution in [0.15, 0.2) is 24.3 Å². The molecule has 3 atom stereocenters. The predicted molar refractivity (Wildman–Crippen MR) is 86.3 cm³/mol. The quantitative estimate of drug-likeness (QED) is 0.859. The normalized spacial score (nSPS) is 23.3. The van der Waals surface area contributed by atoms with E-state index in [2.05, 4.69) is 24.1 Å². The molecule has 2 rings (SSSR count). The van der Waals surface area contributed by atoms with Crippen LogP contribution < -0.4 is 5.32 Å². The van der Waals surface area contributed by atoms with Gasteiger partial charge in [0.1, 0.15) is 6.04 Å². The molecule has 3 unspecified atom stereocenters. The first-order chi connectivity index (χ1) is 10.8. The van der Waals surface area contributed by atoms with Gasteiger partial charge in [-0.05, 0) is 38.5 Å². The van der Waals surface area contributed by atoms with E-state index in [9.17, 15) is 9.59 Å². The molecule has 2 N–H and O–H groups in total. The molecular formula is C17H24N2O4. The van der Waals surface area contributed by atoms with E-state index in [0.717, 1.165) is 25.2 Å². The van der Waals surface area contributed by atoms with Crippen molar-refractivity contribution in [1.29, 1.82) is 0 Å². The molecule has 1 aromatic carbocycles. The summed E-state index contributed by atoms with van der Waals surface area (Å²) >= 11 is 0. The maximum Gasteiger partial charge on any atom is 0.325 e. The minimum atomic E-state index is -1.05. The van der Waals surface area contributed by atoms with Crippen molar-refractivity contribution in [3.63, 3.8) is 0 Å². The molecule has 0 aliphatic carbocycles. The molecule has 6 nitrogen and oxygen atoms in total. The van der Waals surface area contributed by atoms with E-state index in [1.165, 1.54) is 6.92 Å². The van der Waals surface area contributed by atoms with Crippen molar-refractivity contribution in [3.05, 3.63) is 35.4 Å². The summed E-state index contributed by atoms with van der Waals surface area (Å²) in [5.41, 5.74) is 1.58. The van der Waals surface area contributed by atoms with Crippen molar-refractivity contribution in [2.45, 2.75) is 45.6 Å². The van der Waals surface area contributed by atoms with Crippen LogP contribution in [0.1, 0.15) is 36.7 Å². The molecule has 1 amide bonds. The van der Waals surface area contributed by atoms with Gasteiger partial charge >= 0.3 is 5.97 Å². The monoisotopic (exact) mass is 320 g/mol. The van der Waals surface area contributed by atoms with Crippen LogP contribution in [0.4, 0.5) is 0 Å². The Morgan fingerprint density at radius 3 is 2.35 bits per heavy atom. The number of hydrogen-bond donors (Lipinski definition) is 2. The average molecular weight is 320 g/mol. The smallest absolute Gasteiger partial charge is 0.325 e. The molecule has 126 valence electrons. The summed E-state index contributed by atoms with van der Waals surface area (Å²) in [4.78, 5) is 25.0. The second-order valence-electron chi connectivity index (χ2n) is 6.18. The number of carbonyl (C=O) groups excluding carboxylic acids is 1. The average Bonchev–Trinajstić information content (AvgIpc) is 2.46. The van der Waals surface area contributed by atoms with E-state index < -0.39 is 12.0 Å². The van der Waals surface area contributed by atoms with Crippen molar-refractivity contribution < 1.29 is 19.4 Å². The van der Waals surface area contributed by atoms with E-state index in [4.69, 9.17) is 9.84 Å². The second-order valence-corrected chi connectivity index (χ2v) is 6.18. The molecule has 0 bridgehead atoms. The van der Waals surface area contributed by atoms with Gasteiger partial charge in [-0.2, -0.15) is 0 Å². The van der Waals surface area contributed by atoms with E-state index in [-0.39, 0.29) is 18.1 Å². The number of ether oxygens (including phenoxy) is 1. The molecular weight excluding hydrogens is 296 g/mol. The number of carbonyl (C=O) groups is 2. The molecule has 1 saturated heterocycles. The fourth-order valence-electron chi connectivity index (χ4n) is 2.77. The number of hydrogen-bond acceptors (Lipinski definition) is 4. The maximum absolute atomic E-state index is 11.9. The Balaban J connectivity index is 1.94. The summed E-state index contributed by atoms with van der Waals surface area (Å²) in [6.45, 7) is 8.17. The first kappa shape index (κ1) is 17.4. The highest BCUT2D eigenvalue weighted by Gasteiger charge is 2.22. The van der Waals surface area contributed by atoms with Gasteiger partial charge in [-0.3, -0.25) is 14.5 Å². The van der Waals surface area contributed by atoms with Gasteiger partial charge in [-0.25, -0.2) is 0 Å². The van der Waals surface area contributed by atoms with Crippen molar-refractivity contribution in [2.75, 3.05) is 13.1 Å². The fraction of sp³-hybridized carbons (Fsp3) is 0.529. The van der Waals surface area contributed by atoms with Gasteiger partial charge < -0.3 is 15.2 Å². The van der Waals surface area contributed by atoms with Crippen LogP contribution in [-0.4, -0.2) is 53.2 Å². The van der Waals surface area contributed by atoms with Crippen LogP contribution in [-0.2, 0) is 16.1 Å². The lowest BCUT2D eigenvalue weighted by molar-refractivity contribution is -0.138. The Kier molecular flexibility index (Phi) is 5.74. The lowest BCUT2D eigenvalue weighted by Crippen LogP contribution is -2.44. The summed E-state index contributed by atoms with van der Waals surface area (Å²) in [5.74, 6) is -1.43. The Morgan fingerprint density at radius 2 is 1.83 bits per heavy atom.